The maximum absolute atomic E-state index is 11.2. The molecule has 0 amide bonds. The molecule has 0 aliphatic carbocycles. The first-order chi connectivity index (χ1) is 19.2. The second-order valence-electron chi connectivity index (χ2n) is 11.6. The molecule has 9 heteroatoms. The Bertz CT molecular complexity index is 637. The van der Waals surface area contributed by atoms with Crippen molar-refractivity contribution < 1.29 is 38.7 Å². The summed E-state index contributed by atoms with van der Waals surface area (Å²) in [6.45, 7) is 0.146. The number of carboxylic acids is 2. The molecule has 0 heterocycles. The summed E-state index contributed by atoms with van der Waals surface area (Å²) in [4.78, 5) is 39.2. The summed E-state index contributed by atoms with van der Waals surface area (Å²) in [6, 6.07) is 0. The third-order valence-electron chi connectivity index (χ3n) is 7.73. The summed E-state index contributed by atoms with van der Waals surface area (Å²) in [7, 11) is -4.42. The molecule has 8 nitrogen and oxygen atoms in total. The summed E-state index contributed by atoms with van der Waals surface area (Å²) >= 11 is 0. The van der Waals surface area contributed by atoms with Crippen LogP contribution in [-0.2, 0) is 18.7 Å². The highest BCUT2D eigenvalue weighted by atomic mass is 31.2. The normalized spacial score (nSPS) is 12.6. The quantitative estimate of drug-likeness (QED) is 0.0447. The van der Waals surface area contributed by atoms with E-state index in [9.17, 15) is 14.2 Å². The Morgan fingerprint density at radius 1 is 0.475 bits per heavy atom. The highest BCUT2D eigenvalue weighted by Crippen LogP contribution is 2.37. The molecule has 0 saturated carbocycles. The van der Waals surface area contributed by atoms with Gasteiger partial charge in [-0.15, -0.1) is 0 Å². The fourth-order valence-corrected chi connectivity index (χ4v) is 5.70. The fourth-order valence-electron chi connectivity index (χ4n) is 5.29. The average molecular weight is 593 g/mol. The molecule has 0 fully saturated rings. The molecular formula is C31H61O8P. The summed E-state index contributed by atoms with van der Waals surface area (Å²) in [6.07, 6.45) is 28.9. The smallest absolute Gasteiger partial charge is 0.469 e. The van der Waals surface area contributed by atoms with Crippen LogP contribution in [0.2, 0.25) is 0 Å². The van der Waals surface area contributed by atoms with E-state index in [0.29, 0.717) is 6.42 Å². The zero-order chi connectivity index (χ0) is 29.7. The number of phosphoric acid groups is 1. The minimum Gasteiger partial charge on any atom is -0.481 e. The monoisotopic (exact) mass is 592 g/mol. The lowest BCUT2D eigenvalue weighted by molar-refractivity contribution is -0.138. The van der Waals surface area contributed by atoms with Crippen molar-refractivity contribution in [3.8, 4) is 0 Å². The lowest BCUT2D eigenvalue weighted by Gasteiger charge is -2.17. The Morgan fingerprint density at radius 3 is 0.975 bits per heavy atom. The molecule has 0 aliphatic heterocycles. The summed E-state index contributed by atoms with van der Waals surface area (Å²) in [5.74, 6) is -1.18. The average Bonchev–Trinajstić information content (AvgIpc) is 2.88. The van der Waals surface area contributed by atoms with Gasteiger partial charge in [-0.25, -0.2) is 4.57 Å². The highest BCUT2D eigenvalue weighted by Gasteiger charge is 2.18. The van der Waals surface area contributed by atoms with Crippen LogP contribution in [0.4, 0.5) is 0 Å². The first kappa shape index (κ1) is 39.0. The lowest BCUT2D eigenvalue weighted by Crippen LogP contribution is -2.09. The van der Waals surface area contributed by atoms with E-state index < -0.39 is 19.8 Å². The molecular weight excluding hydrogens is 531 g/mol. The number of carboxylic acid groups (broad SMARTS) is 2. The topological polar surface area (TPSA) is 141 Å². The molecule has 0 saturated heterocycles. The standard InChI is InChI=1S/C31H61O8P/c32-30(33)26-22-18-14-10-6-2-1-4-8-12-16-20-24-29(28-39-40(36,37)38)25-21-17-13-9-5-3-7-11-15-19-23-27-31(34)35/h29H,1-28H2,(H,32,33)(H,34,35)(H2,36,37,38)/t29-/m1/s1. The molecule has 0 bridgehead atoms. The van der Waals surface area contributed by atoms with E-state index >= 15 is 0 Å². The van der Waals surface area contributed by atoms with Crippen molar-refractivity contribution in [3.05, 3.63) is 0 Å². The summed E-state index contributed by atoms with van der Waals surface area (Å²) in [5, 5.41) is 17.3. The second kappa shape index (κ2) is 28.2. The van der Waals surface area contributed by atoms with Crippen molar-refractivity contribution >= 4 is 19.8 Å². The van der Waals surface area contributed by atoms with Crippen LogP contribution in [0.1, 0.15) is 173 Å². The van der Waals surface area contributed by atoms with Gasteiger partial charge in [0.1, 0.15) is 0 Å². The Hall–Kier alpha value is -0.950. The minimum absolute atomic E-state index is 0.146. The number of carbonyl (C=O) groups is 2. The maximum atomic E-state index is 11.2. The summed E-state index contributed by atoms with van der Waals surface area (Å²) < 4.78 is 16.0. The van der Waals surface area contributed by atoms with Crippen molar-refractivity contribution in [2.45, 2.75) is 173 Å². The predicted molar refractivity (Wildman–Crippen MR) is 161 cm³/mol. The number of hydrogen-bond acceptors (Lipinski definition) is 4. The van der Waals surface area contributed by atoms with E-state index in [1.54, 1.807) is 0 Å². The van der Waals surface area contributed by atoms with Gasteiger partial charge in [0.05, 0.1) is 6.61 Å². The van der Waals surface area contributed by atoms with E-state index in [-0.39, 0.29) is 18.9 Å². The number of hydrogen-bond donors (Lipinski definition) is 4. The molecule has 1 atom stereocenters. The number of phosphoric ester groups is 1. The van der Waals surface area contributed by atoms with Crippen LogP contribution >= 0.6 is 7.82 Å². The zero-order valence-electron chi connectivity index (χ0n) is 25.2. The first-order valence-corrected chi connectivity index (χ1v) is 17.9. The summed E-state index contributed by atoms with van der Waals surface area (Å²) in [5.41, 5.74) is 0. The Morgan fingerprint density at radius 2 is 0.725 bits per heavy atom. The van der Waals surface area contributed by atoms with Gasteiger partial charge in [-0.05, 0) is 31.6 Å². The molecule has 0 rings (SSSR count). The minimum atomic E-state index is -4.42. The van der Waals surface area contributed by atoms with Gasteiger partial charge in [-0.3, -0.25) is 14.1 Å². The van der Waals surface area contributed by atoms with E-state index in [4.69, 9.17) is 24.5 Å². The third kappa shape index (κ3) is 33.3. The zero-order valence-corrected chi connectivity index (χ0v) is 26.1. The van der Waals surface area contributed by atoms with E-state index in [1.807, 2.05) is 0 Å². The SMILES string of the molecule is O=C(O)CCCCCCCCCCCCCC[C@H](CCCCCCCCCCCCCC(=O)O)COP(=O)(O)O. The highest BCUT2D eigenvalue weighted by molar-refractivity contribution is 7.46. The number of aliphatic carboxylic acids is 2. The second-order valence-corrected chi connectivity index (χ2v) is 12.9. The van der Waals surface area contributed by atoms with Crippen molar-refractivity contribution in [2.24, 2.45) is 5.92 Å². The molecule has 0 aromatic carbocycles. The van der Waals surface area contributed by atoms with Gasteiger partial charge < -0.3 is 20.0 Å². The van der Waals surface area contributed by atoms with Gasteiger partial charge in [0.15, 0.2) is 0 Å². The maximum Gasteiger partial charge on any atom is 0.469 e. The Balaban J connectivity index is 3.71. The van der Waals surface area contributed by atoms with Crippen molar-refractivity contribution in [1.29, 1.82) is 0 Å². The molecule has 0 spiro atoms. The molecule has 0 aliphatic rings. The van der Waals surface area contributed by atoms with Crippen molar-refractivity contribution in [2.75, 3.05) is 6.61 Å². The van der Waals surface area contributed by atoms with Crippen LogP contribution in [0.5, 0.6) is 0 Å². The Labute approximate surface area is 244 Å². The van der Waals surface area contributed by atoms with E-state index in [2.05, 4.69) is 0 Å². The van der Waals surface area contributed by atoms with Crippen LogP contribution in [0.3, 0.4) is 0 Å². The molecule has 0 radical (unpaired) electrons. The van der Waals surface area contributed by atoms with Gasteiger partial charge in [0, 0.05) is 12.8 Å². The largest absolute Gasteiger partial charge is 0.481 e. The molecule has 0 unspecified atom stereocenters. The Kier molecular flexibility index (Phi) is 27.5. The van der Waals surface area contributed by atoms with Crippen LogP contribution in [-0.4, -0.2) is 38.5 Å². The van der Waals surface area contributed by atoms with Gasteiger partial charge in [-0.2, -0.15) is 0 Å². The predicted octanol–water partition coefficient (Wildman–Crippen LogP) is 9.41. The van der Waals surface area contributed by atoms with Crippen molar-refractivity contribution in [1.82, 2.24) is 0 Å². The van der Waals surface area contributed by atoms with Crippen LogP contribution in [0.15, 0.2) is 0 Å². The molecule has 0 aromatic rings. The molecule has 4 N–H and O–H groups in total. The number of rotatable bonds is 32. The van der Waals surface area contributed by atoms with Gasteiger partial charge >= 0.3 is 19.8 Å². The van der Waals surface area contributed by atoms with E-state index in [1.165, 1.54) is 83.5 Å². The van der Waals surface area contributed by atoms with Crippen LogP contribution in [0.25, 0.3) is 0 Å². The molecule has 40 heavy (non-hydrogen) atoms. The molecule has 238 valence electrons. The number of unbranched alkanes of at least 4 members (excludes halogenated alkanes) is 21. The van der Waals surface area contributed by atoms with E-state index in [0.717, 1.165) is 77.0 Å². The van der Waals surface area contributed by atoms with Gasteiger partial charge in [0.2, 0.25) is 0 Å². The van der Waals surface area contributed by atoms with Gasteiger partial charge in [-0.1, -0.05) is 135 Å². The van der Waals surface area contributed by atoms with Crippen molar-refractivity contribution in [3.63, 3.8) is 0 Å². The van der Waals surface area contributed by atoms with Crippen LogP contribution < -0.4 is 0 Å². The lowest BCUT2D eigenvalue weighted by atomic mass is 9.94. The molecule has 0 aromatic heterocycles. The third-order valence-corrected chi connectivity index (χ3v) is 8.22. The fraction of sp³-hybridized carbons (Fsp3) is 0.935. The van der Waals surface area contributed by atoms with Gasteiger partial charge in [0.25, 0.3) is 0 Å². The van der Waals surface area contributed by atoms with Crippen LogP contribution in [0, 0.1) is 5.92 Å². The first-order valence-electron chi connectivity index (χ1n) is 16.3.